The second kappa shape index (κ2) is 7.66. The second-order valence-electron chi connectivity index (χ2n) is 7.80. The van der Waals surface area contributed by atoms with Gasteiger partial charge in [0.15, 0.2) is 0 Å². The Morgan fingerprint density at radius 2 is 2.08 bits per heavy atom. The van der Waals surface area contributed by atoms with Crippen molar-refractivity contribution in [2.45, 2.75) is 58.7 Å². The zero-order valence-electron chi connectivity index (χ0n) is 15.2. The number of carbonyl (C=O) groups is 1. The molecule has 3 N–H and O–H groups in total. The minimum Gasteiger partial charge on any atom is -0.387 e. The molecule has 0 spiro atoms. The lowest BCUT2D eigenvalue weighted by Crippen LogP contribution is -2.56. The van der Waals surface area contributed by atoms with E-state index in [0.717, 1.165) is 24.0 Å². The minimum absolute atomic E-state index is 0.0372. The first-order valence-electron chi connectivity index (χ1n) is 8.99. The number of nitrogens with one attached hydrogen (secondary N) is 1. The van der Waals surface area contributed by atoms with Crippen LogP contribution in [0.3, 0.4) is 0 Å². The Morgan fingerprint density at radius 3 is 2.71 bits per heavy atom. The molecule has 1 aromatic rings. The summed E-state index contributed by atoms with van der Waals surface area (Å²) in [5.74, 6) is 0.191. The summed E-state index contributed by atoms with van der Waals surface area (Å²) in [5, 5.41) is 24.2. The molecule has 2 rings (SSSR count). The number of aryl methyl sites for hydroxylation is 1. The summed E-state index contributed by atoms with van der Waals surface area (Å²) in [6.07, 6.45) is 1.63. The van der Waals surface area contributed by atoms with Crippen LogP contribution in [0.1, 0.15) is 57.3 Å². The standard InChI is InChI=1S/C20H31NO3/c1-13(2)17-9-8-15(4)11-20(17,24)19(23)21-12-18(22)16-7-5-6-14(3)10-16/h5-7,10,13,15,17-18,22,24H,8-9,11-12H2,1-4H3,(H,21,23)/t15-,17+,18?,20+/m1/s1. The van der Waals surface area contributed by atoms with Crippen LogP contribution >= 0.6 is 0 Å². The SMILES string of the molecule is Cc1cccc(C(O)CNC(=O)[C@]2(O)C[C@H](C)CC[C@H]2C(C)C)c1. The minimum atomic E-state index is -1.34. The van der Waals surface area contributed by atoms with E-state index in [4.69, 9.17) is 0 Å². The summed E-state index contributed by atoms with van der Waals surface area (Å²) >= 11 is 0. The highest BCUT2D eigenvalue weighted by atomic mass is 16.3. The Balaban J connectivity index is 2.04. The van der Waals surface area contributed by atoms with Crippen LogP contribution in [0.15, 0.2) is 24.3 Å². The molecule has 0 heterocycles. The van der Waals surface area contributed by atoms with Gasteiger partial charge in [-0.1, -0.05) is 57.0 Å². The van der Waals surface area contributed by atoms with Crippen molar-refractivity contribution in [1.29, 1.82) is 0 Å². The van der Waals surface area contributed by atoms with Crippen LogP contribution in [0.4, 0.5) is 0 Å². The highest BCUT2D eigenvalue weighted by Crippen LogP contribution is 2.41. The molecule has 0 bridgehead atoms. The van der Waals surface area contributed by atoms with E-state index >= 15 is 0 Å². The van der Waals surface area contributed by atoms with E-state index in [0.29, 0.717) is 12.3 Å². The Bertz CT molecular complexity index is 572. The summed E-state index contributed by atoms with van der Waals surface area (Å²) in [6, 6.07) is 7.61. The van der Waals surface area contributed by atoms with E-state index in [1.54, 1.807) is 0 Å². The van der Waals surface area contributed by atoms with E-state index in [9.17, 15) is 15.0 Å². The number of aliphatic hydroxyl groups is 2. The lowest BCUT2D eigenvalue weighted by molar-refractivity contribution is -0.156. The van der Waals surface area contributed by atoms with E-state index in [2.05, 4.69) is 26.1 Å². The molecule has 1 aromatic carbocycles. The van der Waals surface area contributed by atoms with Crippen molar-refractivity contribution >= 4 is 5.91 Å². The summed E-state index contributed by atoms with van der Waals surface area (Å²) in [6.45, 7) is 8.27. The molecule has 1 unspecified atom stereocenters. The summed E-state index contributed by atoms with van der Waals surface area (Å²) in [5.41, 5.74) is 0.509. The molecule has 4 atom stereocenters. The van der Waals surface area contributed by atoms with Crippen LogP contribution in [0.2, 0.25) is 0 Å². The second-order valence-corrected chi connectivity index (χ2v) is 7.80. The Kier molecular flexibility index (Phi) is 6.05. The average Bonchev–Trinajstić information content (AvgIpc) is 2.51. The first kappa shape index (κ1) is 18.9. The predicted molar refractivity (Wildman–Crippen MR) is 95.4 cm³/mol. The van der Waals surface area contributed by atoms with Gasteiger partial charge in [0, 0.05) is 6.54 Å². The summed E-state index contributed by atoms with van der Waals surface area (Å²) < 4.78 is 0. The number of rotatable bonds is 5. The van der Waals surface area contributed by atoms with Crippen LogP contribution < -0.4 is 5.32 Å². The normalized spacial score (nSPS) is 28.6. The molecule has 1 aliphatic rings. The van der Waals surface area contributed by atoms with Crippen LogP contribution in [-0.2, 0) is 4.79 Å². The van der Waals surface area contributed by atoms with Gasteiger partial charge in [0.1, 0.15) is 5.60 Å². The molecular formula is C20H31NO3. The molecule has 1 amide bonds. The van der Waals surface area contributed by atoms with Crippen molar-refractivity contribution in [2.75, 3.05) is 6.54 Å². The molecule has 0 radical (unpaired) electrons. The van der Waals surface area contributed by atoms with Crippen LogP contribution in [-0.4, -0.2) is 28.3 Å². The van der Waals surface area contributed by atoms with Gasteiger partial charge in [0.05, 0.1) is 6.10 Å². The fraction of sp³-hybridized carbons (Fsp3) is 0.650. The topological polar surface area (TPSA) is 69.6 Å². The van der Waals surface area contributed by atoms with Crippen molar-refractivity contribution in [3.05, 3.63) is 35.4 Å². The molecule has 1 fully saturated rings. The molecule has 4 heteroatoms. The number of hydrogen-bond donors (Lipinski definition) is 3. The van der Waals surface area contributed by atoms with Gasteiger partial charge < -0.3 is 15.5 Å². The molecule has 134 valence electrons. The van der Waals surface area contributed by atoms with E-state index in [1.165, 1.54) is 0 Å². The number of carbonyl (C=O) groups excluding carboxylic acids is 1. The van der Waals surface area contributed by atoms with Gasteiger partial charge in [-0.05, 0) is 43.1 Å². The largest absolute Gasteiger partial charge is 0.387 e. The molecule has 24 heavy (non-hydrogen) atoms. The van der Waals surface area contributed by atoms with Crippen molar-refractivity contribution in [2.24, 2.45) is 17.8 Å². The fourth-order valence-electron chi connectivity index (χ4n) is 3.97. The maximum atomic E-state index is 12.7. The van der Waals surface area contributed by atoms with Crippen molar-refractivity contribution < 1.29 is 15.0 Å². The average molecular weight is 333 g/mol. The van der Waals surface area contributed by atoms with E-state index in [1.807, 2.05) is 31.2 Å². The predicted octanol–water partition coefficient (Wildman–Crippen LogP) is 2.97. The molecule has 0 aromatic heterocycles. The third-order valence-electron chi connectivity index (χ3n) is 5.32. The zero-order valence-corrected chi connectivity index (χ0v) is 15.2. The monoisotopic (exact) mass is 333 g/mol. The fourth-order valence-corrected chi connectivity index (χ4v) is 3.97. The van der Waals surface area contributed by atoms with E-state index < -0.39 is 11.7 Å². The Labute approximate surface area is 145 Å². The molecule has 0 saturated heterocycles. The van der Waals surface area contributed by atoms with E-state index in [-0.39, 0.29) is 24.3 Å². The van der Waals surface area contributed by atoms with Crippen LogP contribution in [0.25, 0.3) is 0 Å². The zero-order chi connectivity index (χ0) is 17.9. The lowest BCUT2D eigenvalue weighted by Gasteiger charge is -2.43. The van der Waals surface area contributed by atoms with Gasteiger partial charge in [0.2, 0.25) is 0 Å². The molecule has 0 aliphatic heterocycles. The maximum absolute atomic E-state index is 12.7. The molecular weight excluding hydrogens is 302 g/mol. The first-order chi connectivity index (χ1) is 11.2. The molecule has 4 nitrogen and oxygen atoms in total. The lowest BCUT2D eigenvalue weighted by atomic mass is 9.66. The molecule has 1 aliphatic carbocycles. The summed E-state index contributed by atoms with van der Waals surface area (Å²) in [4.78, 5) is 12.7. The van der Waals surface area contributed by atoms with Gasteiger partial charge in [-0.2, -0.15) is 0 Å². The van der Waals surface area contributed by atoms with Gasteiger partial charge in [-0.25, -0.2) is 0 Å². The van der Waals surface area contributed by atoms with Crippen molar-refractivity contribution in [1.82, 2.24) is 5.32 Å². The van der Waals surface area contributed by atoms with Crippen molar-refractivity contribution in [3.8, 4) is 0 Å². The summed E-state index contributed by atoms with van der Waals surface area (Å²) in [7, 11) is 0. The first-order valence-corrected chi connectivity index (χ1v) is 8.99. The van der Waals surface area contributed by atoms with Crippen LogP contribution in [0.5, 0.6) is 0 Å². The van der Waals surface area contributed by atoms with Gasteiger partial charge >= 0.3 is 0 Å². The van der Waals surface area contributed by atoms with Gasteiger partial charge in [0.25, 0.3) is 5.91 Å². The van der Waals surface area contributed by atoms with Crippen LogP contribution in [0, 0.1) is 24.7 Å². The quantitative estimate of drug-likeness (QED) is 0.776. The number of aliphatic hydroxyl groups excluding tert-OH is 1. The number of benzene rings is 1. The van der Waals surface area contributed by atoms with Gasteiger partial charge in [-0.3, -0.25) is 4.79 Å². The third-order valence-corrected chi connectivity index (χ3v) is 5.32. The van der Waals surface area contributed by atoms with Crippen molar-refractivity contribution in [3.63, 3.8) is 0 Å². The highest BCUT2D eigenvalue weighted by Gasteiger charge is 2.48. The molecule has 1 saturated carbocycles. The van der Waals surface area contributed by atoms with Gasteiger partial charge in [-0.15, -0.1) is 0 Å². The third kappa shape index (κ3) is 4.17. The number of hydrogen-bond acceptors (Lipinski definition) is 3. The smallest absolute Gasteiger partial charge is 0.252 e. The Morgan fingerprint density at radius 1 is 1.38 bits per heavy atom. The highest BCUT2D eigenvalue weighted by molar-refractivity contribution is 5.85. The number of amides is 1. The Hall–Kier alpha value is -1.39. The maximum Gasteiger partial charge on any atom is 0.252 e.